The zero-order chi connectivity index (χ0) is 15.4. The minimum absolute atomic E-state index is 0.770. The van der Waals surface area contributed by atoms with E-state index in [1.807, 2.05) is 6.20 Å². The van der Waals surface area contributed by atoms with Crippen LogP contribution >= 0.6 is 0 Å². The first kappa shape index (κ1) is 15.4. The lowest BCUT2D eigenvalue weighted by Crippen LogP contribution is -2.33. The summed E-state index contributed by atoms with van der Waals surface area (Å²) >= 11 is 0. The Morgan fingerprint density at radius 3 is 2.73 bits per heavy atom. The fourth-order valence-electron chi connectivity index (χ4n) is 3.25. The Morgan fingerprint density at radius 2 is 1.95 bits per heavy atom. The van der Waals surface area contributed by atoms with Crippen molar-refractivity contribution in [3.63, 3.8) is 0 Å². The van der Waals surface area contributed by atoms with Gasteiger partial charge >= 0.3 is 0 Å². The van der Waals surface area contributed by atoms with Crippen molar-refractivity contribution < 1.29 is 4.74 Å². The van der Waals surface area contributed by atoms with Gasteiger partial charge in [0.1, 0.15) is 12.4 Å². The van der Waals surface area contributed by atoms with Crippen LogP contribution in [0.3, 0.4) is 0 Å². The Hall–Kier alpha value is -1.52. The van der Waals surface area contributed by atoms with Gasteiger partial charge in [-0.3, -0.25) is 4.90 Å². The van der Waals surface area contributed by atoms with E-state index in [2.05, 4.69) is 47.1 Å². The second kappa shape index (κ2) is 7.16. The maximum atomic E-state index is 6.13. The van der Waals surface area contributed by atoms with Crippen LogP contribution < -0.4 is 4.74 Å². The number of piperidine rings is 1. The summed E-state index contributed by atoms with van der Waals surface area (Å²) in [5, 5.41) is 1.25. The second-order valence-electron chi connectivity index (χ2n) is 6.47. The molecule has 0 saturated carbocycles. The smallest absolute Gasteiger partial charge is 0.125 e. The van der Waals surface area contributed by atoms with Crippen molar-refractivity contribution in [1.29, 1.82) is 0 Å². The predicted molar refractivity (Wildman–Crippen MR) is 91.5 cm³/mol. The molecule has 0 bridgehead atoms. The van der Waals surface area contributed by atoms with E-state index in [1.165, 1.54) is 48.8 Å². The Bertz CT molecular complexity index is 599. The Balaban J connectivity index is 1.68. The van der Waals surface area contributed by atoms with E-state index in [1.54, 1.807) is 0 Å². The molecule has 0 atom stereocenters. The van der Waals surface area contributed by atoms with Crippen LogP contribution in [0.4, 0.5) is 0 Å². The average Bonchev–Trinajstić information content (AvgIpc) is 2.99. The molecule has 2 heterocycles. The number of rotatable bonds is 6. The molecule has 120 valence electrons. The van der Waals surface area contributed by atoms with Crippen LogP contribution in [0.5, 0.6) is 5.75 Å². The quantitative estimate of drug-likeness (QED) is 0.889. The molecule has 0 amide bonds. The third-order valence-electron chi connectivity index (χ3n) is 4.38. The van der Waals surface area contributed by atoms with Crippen molar-refractivity contribution in [2.24, 2.45) is 0 Å². The fraction of sp³-hybridized carbons (Fsp3) is 0.556. The third-order valence-corrected chi connectivity index (χ3v) is 4.38. The maximum absolute atomic E-state index is 6.13. The van der Waals surface area contributed by atoms with Crippen LogP contribution in [0.25, 0.3) is 10.9 Å². The summed E-state index contributed by atoms with van der Waals surface area (Å²) in [5.41, 5.74) is 2.45. The van der Waals surface area contributed by atoms with Crippen LogP contribution in [-0.2, 0) is 6.54 Å². The summed E-state index contributed by atoms with van der Waals surface area (Å²) in [5.74, 6) is 1.01. The highest BCUT2D eigenvalue weighted by Gasteiger charge is 2.13. The van der Waals surface area contributed by atoms with E-state index in [0.717, 1.165) is 25.4 Å². The number of aromatic nitrogens is 1. The highest BCUT2D eigenvalue weighted by atomic mass is 16.5. The minimum Gasteiger partial charge on any atom is -0.492 e. The first-order valence-electron chi connectivity index (χ1n) is 8.33. The number of ether oxygens (including phenoxy) is 1. The van der Waals surface area contributed by atoms with Crippen LogP contribution in [-0.4, -0.2) is 55.1 Å². The van der Waals surface area contributed by atoms with Gasteiger partial charge in [0.05, 0.1) is 5.52 Å². The molecule has 4 nitrogen and oxygen atoms in total. The molecule has 1 aromatic heterocycles. The Kier molecular flexibility index (Phi) is 5.01. The molecule has 1 N–H and O–H groups in total. The summed E-state index contributed by atoms with van der Waals surface area (Å²) in [4.78, 5) is 8.06. The number of likely N-dealkylation sites (tertiary alicyclic amines) is 1. The van der Waals surface area contributed by atoms with E-state index in [-0.39, 0.29) is 0 Å². The minimum atomic E-state index is 0.770. The van der Waals surface area contributed by atoms with E-state index < -0.39 is 0 Å². The first-order chi connectivity index (χ1) is 10.7. The second-order valence-corrected chi connectivity index (χ2v) is 6.47. The molecule has 4 heteroatoms. The summed E-state index contributed by atoms with van der Waals surface area (Å²) in [7, 11) is 4.19. The summed E-state index contributed by atoms with van der Waals surface area (Å²) in [6, 6.07) is 6.37. The van der Waals surface area contributed by atoms with Crippen molar-refractivity contribution in [2.75, 3.05) is 40.3 Å². The lowest BCUT2D eigenvalue weighted by molar-refractivity contribution is 0.182. The van der Waals surface area contributed by atoms with Gasteiger partial charge in [-0.15, -0.1) is 0 Å². The fourth-order valence-corrected chi connectivity index (χ4v) is 3.25. The van der Waals surface area contributed by atoms with E-state index in [9.17, 15) is 0 Å². The van der Waals surface area contributed by atoms with E-state index in [0.29, 0.717) is 0 Å². The number of fused-ring (bicyclic) bond motifs is 1. The van der Waals surface area contributed by atoms with Crippen LogP contribution in [0.1, 0.15) is 24.8 Å². The van der Waals surface area contributed by atoms with Gasteiger partial charge in [0, 0.05) is 24.8 Å². The molecule has 0 radical (unpaired) electrons. The number of aromatic amines is 1. The largest absolute Gasteiger partial charge is 0.492 e. The molecule has 1 aliphatic heterocycles. The Morgan fingerprint density at radius 1 is 1.14 bits per heavy atom. The van der Waals surface area contributed by atoms with Crippen molar-refractivity contribution in [1.82, 2.24) is 14.8 Å². The van der Waals surface area contributed by atoms with Crippen molar-refractivity contribution in [2.45, 2.75) is 25.8 Å². The molecule has 0 spiro atoms. The average molecular weight is 301 g/mol. The monoisotopic (exact) mass is 301 g/mol. The van der Waals surface area contributed by atoms with Gasteiger partial charge in [-0.1, -0.05) is 6.42 Å². The van der Waals surface area contributed by atoms with Gasteiger partial charge < -0.3 is 14.6 Å². The number of nitrogens with one attached hydrogen (secondary N) is 1. The standard InChI is InChI=1S/C18H27N3O/c1-20(2)14-16-17(7-6-15-8-9-19-18(15)16)22-13-12-21-10-4-3-5-11-21/h6-9,19H,3-5,10-14H2,1-2H3. The molecule has 1 aliphatic rings. The van der Waals surface area contributed by atoms with Crippen molar-refractivity contribution in [3.05, 3.63) is 30.0 Å². The summed E-state index contributed by atoms with van der Waals surface area (Å²) in [6.07, 6.45) is 6.05. The highest BCUT2D eigenvalue weighted by molar-refractivity contribution is 5.84. The maximum Gasteiger partial charge on any atom is 0.125 e. The van der Waals surface area contributed by atoms with E-state index in [4.69, 9.17) is 4.74 Å². The molecule has 2 aromatic rings. The number of benzene rings is 1. The number of nitrogens with zero attached hydrogens (tertiary/aromatic N) is 2. The van der Waals surface area contributed by atoms with E-state index >= 15 is 0 Å². The predicted octanol–water partition coefficient (Wildman–Crippen LogP) is 3.09. The molecule has 0 aliphatic carbocycles. The van der Waals surface area contributed by atoms with Crippen molar-refractivity contribution >= 4 is 10.9 Å². The van der Waals surface area contributed by atoms with Crippen LogP contribution in [0, 0.1) is 0 Å². The first-order valence-corrected chi connectivity index (χ1v) is 8.33. The zero-order valence-corrected chi connectivity index (χ0v) is 13.8. The highest BCUT2D eigenvalue weighted by Crippen LogP contribution is 2.28. The number of H-pyrrole nitrogens is 1. The summed E-state index contributed by atoms with van der Waals surface area (Å²) in [6.45, 7) is 5.14. The molecule has 0 unspecified atom stereocenters. The molecule has 22 heavy (non-hydrogen) atoms. The van der Waals surface area contributed by atoms with Gasteiger partial charge in [0.2, 0.25) is 0 Å². The molecule has 1 fully saturated rings. The molecular formula is C18H27N3O. The Labute approximate surface area is 133 Å². The normalized spacial score (nSPS) is 16.5. The molecule has 1 aromatic carbocycles. The van der Waals surface area contributed by atoms with Gasteiger partial charge in [-0.25, -0.2) is 0 Å². The molecule has 1 saturated heterocycles. The number of hydrogen-bond acceptors (Lipinski definition) is 3. The molecular weight excluding hydrogens is 274 g/mol. The van der Waals surface area contributed by atoms with Crippen molar-refractivity contribution in [3.8, 4) is 5.75 Å². The summed E-state index contributed by atoms with van der Waals surface area (Å²) < 4.78 is 6.13. The topological polar surface area (TPSA) is 31.5 Å². The lowest BCUT2D eigenvalue weighted by Gasteiger charge is -2.26. The van der Waals surface area contributed by atoms with Gasteiger partial charge in [0.15, 0.2) is 0 Å². The van der Waals surface area contributed by atoms with Gasteiger partial charge in [-0.2, -0.15) is 0 Å². The van der Waals surface area contributed by atoms with Crippen LogP contribution in [0.2, 0.25) is 0 Å². The zero-order valence-electron chi connectivity index (χ0n) is 13.8. The SMILES string of the molecule is CN(C)Cc1c(OCCN2CCCCC2)ccc2cc[nH]c12. The van der Waals surface area contributed by atoms with Gasteiger partial charge in [0.25, 0.3) is 0 Å². The van der Waals surface area contributed by atoms with Gasteiger partial charge in [-0.05, 0) is 63.6 Å². The van der Waals surface area contributed by atoms with Crippen LogP contribution in [0.15, 0.2) is 24.4 Å². The lowest BCUT2D eigenvalue weighted by atomic mass is 10.1. The number of hydrogen-bond donors (Lipinski definition) is 1. The molecule has 3 rings (SSSR count). The third kappa shape index (κ3) is 3.62.